The quantitative estimate of drug-likeness (QED) is 0.540. The standard InChI is InChI=1S/C11H19N3O6S/c1-12-9(15)2-4-13-11(18)14(6-10(16)17)8-3-5-21(19,20)7-8/h8H,2-7H2,1H3,(H,12,15)(H,13,18)(H,16,17). The number of carboxylic acids is 1. The Kier molecular flexibility index (Phi) is 5.94. The number of aliphatic carboxylic acids is 1. The van der Waals surface area contributed by atoms with E-state index in [-0.39, 0.29) is 36.8 Å². The fourth-order valence-corrected chi connectivity index (χ4v) is 3.77. The van der Waals surface area contributed by atoms with Crippen molar-refractivity contribution in [1.82, 2.24) is 15.5 Å². The minimum atomic E-state index is -3.23. The molecule has 9 nitrogen and oxygen atoms in total. The van der Waals surface area contributed by atoms with Crippen LogP contribution in [0.4, 0.5) is 4.79 Å². The van der Waals surface area contributed by atoms with E-state index in [2.05, 4.69) is 10.6 Å². The molecule has 0 saturated carbocycles. The van der Waals surface area contributed by atoms with Gasteiger partial charge in [0, 0.05) is 26.1 Å². The topological polar surface area (TPSA) is 133 Å². The first kappa shape index (κ1) is 17.2. The second-order valence-electron chi connectivity index (χ2n) is 4.73. The van der Waals surface area contributed by atoms with E-state index in [1.165, 1.54) is 7.05 Å². The third-order valence-electron chi connectivity index (χ3n) is 3.12. The van der Waals surface area contributed by atoms with E-state index < -0.39 is 34.4 Å². The van der Waals surface area contributed by atoms with Crippen molar-refractivity contribution in [1.29, 1.82) is 0 Å². The molecule has 0 aliphatic carbocycles. The number of nitrogens with one attached hydrogen (secondary N) is 2. The van der Waals surface area contributed by atoms with Crippen LogP contribution < -0.4 is 10.6 Å². The van der Waals surface area contributed by atoms with Gasteiger partial charge in [-0.25, -0.2) is 13.2 Å². The summed E-state index contributed by atoms with van der Waals surface area (Å²) in [5.74, 6) is -1.77. The molecule has 120 valence electrons. The van der Waals surface area contributed by atoms with Crippen molar-refractivity contribution in [3.8, 4) is 0 Å². The Hall–Kier alpha value is -1.84. The van der Waals surface area contributed by atoms with E-state index in [1.807, 2.05) is 0 Å². The molecule has 1 heterocycles. The van der Waals surface area contributed by atoms with Gasteiger partial charge in [-0.3, -0.25) is 9.59 Å². The van der Waals surface area contributed by atoms with E-state index in [1.54, 1.807) is 0 Å². The molecule has 1 aliphatic heterocycles. The maximum Gasteiger partial charge on any atom is 0.323 e. The van der Waals surface area contributed by atoms with Gasteiger partial charge >= 0.3 is 12.0 Å². The number of hydrogen-bond acceptors (Lipinski definition) is 5. The van der Waals surface area contributed by atoms with Gasteiger partial charge in [0.25, 0.3) is 0 Å². The van der Waals surface area contributed by atoms with Crippen LogP contribution in [0.25, 0.3) is 0 Å². The zero-order valence-corrected chi connectivity index (χ0v) is 12.5. The number of nitrogens with zero attached hydrogens (tertiary/aromatic N) is 1. The maximum atomic E-state index is 12.0. The first-order valence-electron chi connectivity index (χ1n) is 6.42. The van der Waals surface area contributed by atoms with E-state index in [0.29, 0.717) is 0 Å². The molecule has 1 rings (SSSR count). The first-order chi connectivity index (χ1) is 9.75. The molecule has 1 aliphatic rings. The molecule has 0 aromatic rings. The fraction of sp³-hybridized carbons (Fsp3) is 0.727. The third kappa shape index (κ3) is 5.58. The van der Waals surface area contributed by atoms with Crippen molar-refractivity contribution in [3.63, 3.8) is 0 Å². The molecule has 10 heteroatoms. The summed E-state index contributed by atoms with van der Waals surface area (Å²) >= 11 is 0. The first-order valence-corrected chi connectivity index (χ1v) is 8.24. The summed E-state index contributed by atoms with van der Waals surface area (Å²) in [4.78, 5) is 34.8. The molecular formula is C11H19N3O6S. The number of sulfone groups is 1. The van der Waals surface area contributed by atoms with Gasteiger partial charge in [0.2, 0.25) is 5.91 Å². The largest absolute Gasteiger partial charge is 0.480 e. The second-order valence-corrected chi connectivity index (χ2v) is 6.96. The summed E-state index contributed by atoms with van der Waals surface area (Å²) in [6.45, 7) is -0.528. The van der Waals surface area contributed by atoms with Crippen molar-refractivity contribution < 1.29 is 27.9 Å². The van der Waals surface area contributed by atoms with Crippen LogP contribution >= 0.6 is 0 Å². The van der Waals surface area contributed by atoms with Gasteiger partial charge in [-0.15, -0.1) is 0 Å². The number of carbonyl (C=O) groups is 3. The molecule has 3 amide bonds. The summed E-state index contributed by atoms with van der Waals surface area (Å²) in [5, 5.41) is 13.7. The summed E-state index contributed by atoms with van der Waals surface area (Å²) in [6, 6.07) is -1.32. The van der Waals surface area contributed by atoms with Crippen LogP contribution in [0.3, 0.4) is 0 Å². The molecule has 1 fully saturated rings. The van der Waals surface area contributed by atoms with Crippen LogP contribution in [0.15, 0.2) is 0 Å². The molecule has 0 bridgehead atoms. The minimum Gasteiger partial charge on any atom is -0.480 e. The van der Waals surface area contributed by atoms with Crippen molar-refractivity contribution in [2.75, 3.05) is 31.6 Å². The normalized spacial score (nSPS) is 19.8. The van der Waals surface area contributed by atoms with Crippen LogP contribution in [0.5, 0.6) is 0 Å². The molecule has 0 aromatic heterocycles. The van der Waals surface area contributed by atoms with Crippen molar-refractivity contribution in [2.45, 2.75) is 18.9 Å². The van der Waals surface area contributed by atoms with Gasteiger partial charge < -0.3 is 20.6 Å². The molecule has 1 atom stereocenters. The summed E-state index contributed by atoms with van der Waals surface area (Å²) in [5.41, 5.74) is 0. The SMILES string of the molecule is CNC(=O)CCNC(=O)N(CC(=O)O)C1CCS(=O)(=O)C1. The van der Waals surface area contributed by atoms with Gasteiger partial charge in [0.05, 0.1) is 11.5 Å². The zero-order valence-electron chi connectivity index (χ0n) is 11.7. The summed E-state index contributed by atoms with van der Waals surface area (Å²) < 4.78 is 22.9. The Morgan fingerprint density at radius 3 is 2.48 bits per heavy atom. The fourth-order valence-electron chi connectivity index (χ4n) is 2.04. The highest BCUT2D eigenvalue weighted by Crippen LogP contribution is 2.17. The average molecular weight is 321 g/mol. The van der Waals surface area contributed by atoms with Crippen LogP contribution in [-0.2, 0) is 19.4 Å². The third-order valence-corrected chi connectivity index (χ3v) is 4.87. The van der Waals surface area contributed by atoms with Crippen molar-refractivity contribution in [3.05, 3.63) is 0 Å². The Bertz CT molecular complexity index is 518. The molecule has 0 radical (unpaired) electrons. The van der Waals surface area contributed by atoms with Gasteiger partial charge in [-0.1, -0.05) is 0 Å². The predicted molar refractivity (Wildman–Crippen MR) is 73.5 cm³/mol. The lowest BCUT2D eigenvalue weighted by Crippen LogP contribution is -2.49. The Morgan fingerprint density at radius 2 is 2.00 bits per heavy atom. The van der Waals surface area contributed by atoms with E-state index in [4.69, 9.17) is 5.11 Å². The zero-order chi connectivity index (χ0) is 16.0. The number of carbonyl (C=O) groups excluding carboxylic acids is 2. The van der Waals surface area contributed by atoms with Gasteiger partial charge in [0.15, 0.2) is 9.84 Å². The Labute approximate surface area is 122 Å². The predicted octanol–water partition coefficient (Wildman–Crippen LogP) is -1.59. The number of rotatable bonds is 6. The monoisotopic (exact) mass is 321 g/mol. The summed E-state index contributed by atoms with van der Waals surface area (Å²) in [6.07, 6.45) is 0.282. The van der Waals surface area contributed by atoms with Crippen LogP contribution in [0, 0.1) is 0 Å². The molecule has 0 aromatic carbocycles. The highest BCUT2D eigenvalue weighted by atomic mass is 32.2. The molecular weight excluding hydrogens is 302 g/mol. The van der Waals surface area contributed by atoms with E-state index >= 15 is 0 Å². The van der Waals surface area contributed by atoms with Crippen LogP contribution in [0.2, 0.25) is 0 Å². The number of urea groups is 1. The lowest BCUT2D eigenvalue weighted by Gasteiger charge is -2.26. The van der Waals surface area contributed by atoms with Crippen molar-refractivity contribution >= 4 is 27.7 Å². The molecule has 21 heavy (non-hydrogen) atoms. The van der Waals surface area contributed by atoms with Crippen molar-refractivity contribution in [2.24, 2.45) is 0 Å². The number of amides is 3. The Balaban J connectivity index is 2.62. The molecule has 3 N–H and O–H groups in total. The minimum absolute atomic E-state index is 0.0497. The van der Waals surface area contributed by atoms with Gasteiger partial charge in [-0.2, -0.15) is 0 Å². The highest BCUT2D eigenvalue weighted by Gasteiger charge is 2.35. The van der Waals surface area contributed by atoms with E-state index in [9.17, 15) is 22.8 Å². The van der Waals surface area contributed by atoms with Crippen LogP contribution in [0.1, 0.15) is 12.8 Å². The maximum absolute atomic E-state index is 12.0. The molecule has 1 saturated heterocycles. The van der Waals surface area contributed by atoms with Crippen LogP contribution in [-0.4, -0.2) is 74.0 Å². The average Bonchev–Trinajstić information content (AvgIpc) is 2.75. The highest BCUT2D eigenvalue weighted by molar-refractivity contribution is 7.91. The molecule has 0 spiro atoms. The number of hydrogen-bond donors (Lipinski definition) is 3. The summed E-state index contributed by atoms with van der Waals surface area (Å²) in [7, 11) is -1.76. The lowest BCUT2D eigenvalue weighted by molar-refractivity contribution is -0.138. The smallest absolute Gasteiger partial charge is 0.323 e. The second kappa shape index (κ2) is 7.25. The molecule has 1 unspecified atom stereocenters. The van der Waals surface area contributed by atoms with Gasteiger partial charge in [0.1, 0.15) is 6.54 Å². The number of carboxylic acid groups (broad SMARTS) is 1. The Morgan fingerprint density at radius 1 is 1.33 bits per heavy atom. The lowest BCUT2D eigenvalue weighted by atomic mass is 10.2. The van der Waals surface area contributed by atoms with E-state index in [0.717, 1.165) is 4.90 Å². The van der Waals surface area contributed by atoms with Gasteiger partial charge in [-0.05, 0) is 6.42 Å².